The minimum atomic E-state index is -1.89. The lowest BCUT2D eigenvalue weighted by Crippen LogP contribution is -2.30. The number of nitro groups is 2. The lowest BCUT2D eigenvalue weighted by Gasteiger charge is -2.22. The predicted molar refractivity (Wildman–Crippen MR) is 109 cm³/mol. The van der Waals surface area contributed by atoms with Crippen molar-refractivity contribution in [2.45, 2.75) is 31.6 Å². The first-order valence-corrected chi connectivity index (χ1v) is 12.8. The van der Waals surface area contributed by atoms with Gasteiger partial charge in [0.2, 0.25) is 0 Å². The van der Waals surface area contributed by atoms with Crippen LogP contribution in [0.4, 0.5) is 11.4 Å². The summed E-state index contributed by atoms with van der Waals surface area (Å²) in [4.78, 5) is 33.3. The van der Waals surface area contributed by atoms with E-state index in [-0.39, 0.29) is 11.6 Å². The molecule has 0 aromatic heterocycles. The van der Waals surface area contributed by atoms with Crippen LogP contribution in [0.15, 0.2) is 48.5 Å². The Labute approximate surface area is 167 Å². The number of hydrogen-bond acceptors (Lipinski definition) is 5. The fraction of sp³-hybridized carbons (Fsp3) is 0.278. The number of carbonyl (C=O) groups is 1. The summed E-state index contributed by atoms with van der Waals surface area (Å²) in [6.45, 7) is 4.00. The van der Waals surface area contributed by atoms with E-state index in [0.717, 1.165) is 29.8 Å². The lowest BCUT2D eigenvalue weighted by atomic mass is 10.0. The van der Waals surface area contributed by atoms with E-state index in [2.05, 4.69) is 5.32 Å². The zero-order valence-corrected chi connectivity index (χ0v) is 17.2. The van der Waals surface area contributed by atoms with E-state index >= 15 is 0 Å². The zero-order valence-electron chi connectivity index (χ0n) is 15.4. The number of nitrogens with one attached hydrogen (secondary N) is 1. The van der Waals surface area contributed by atoms with E-state index in [4.69, 9.17) is 11.1 Å². The number of rotatable bonds is 8. The van der Waals surface area contributed by atoms with Crippen molar-refractivity contribution >= 4 is 35.7 Å². The highest BCUT2D eigenvalue weighted by atomic mass is 35.6. The molecule has 0 saturated carbocycles. The van der Waals surface area contributed by atoms with Crippen molar-refractivity contribution in [3.63, 3.8) is 0 Å². The molecular weight excluding hydrogens is 402 g/mol. The van der Waals surface area contributed by atoms with Gasteiger partial charge in [0.05, 0.1) is 27.5 Å². The molecule has 0 radical (unpaired) electrons. The van der Waals surface area contributed by atoms with Crippen LogP contribution in [0.25, 0.3) is 0 Å². The second-order valence-corrected chi connectivity index (χ2v) is 14.0. The largest absolute Gasteiger partial charge is 0.345 e. The number of hydrogen-bond donors (Lipinski definition) is 1. The molecule has 0 spiro atoms. The summed E-state index contributed by atoms with van der Waals surface area (Å²) >= 11 is 6.41. The Kier molecular flexibility index (Phi) is 6.87. The summed E-state index contributed by atoms with van der Waals surface area (Å²) in [5.41, 5.74) is -0.287. The third kappa shape index (κ3) is 6.14. The highest BCUT2D eigenvalue weighted by molar-refractivity contribution is 7.19. The molecule has 2 aromatic carbocycles. The average Bonchev–Trinajstić information content (AvgIpc) is 2.64. The van der Waals surface area contributed by atoms with Gasteiger partial charge in [0.25, 0.3) is 17.3 Å². The smallest absolute Gasteiger partial charge is 0.277 e. The molecule has 0 saturated heterocycles. The third-order valence-corrected chi connectivity index (χ3v) is 6.17. The maximum Gasteiger partial charge on any atom is 0.277 e. The molecule has 8 nitrogen and oxygen atoms in total. The second kappa shape index (κ2) is 8.94. The van der Waals surface area contributed by atoms with E-state index in [0.29, 0.717) is 6.42 Å². The number of nitro benzene ring substituents is 2. The minimum absolute atomic E-state index is 0.135. The van der Waals surface area contributed by atoms with Gasteiger partial charge < -0.3 is 5.32 Å². The van der Waals surface area contributed by atoms with Crippen molar-refractivity contribution in [3.8, 4) is 0 Å². The normalized spacial score (nSPS) is 12.2. The first kappa shape index (κ1) is 21.5. The second-order valence-electron chi connectivity index (χ2n) is 6.95. The molecule has 1 amide bonds. The van der Waals surface area contributed by atoms with Crippen LogP contribution in [0, 0.1) is 20.2 Å². The van der Waals surface area contributed by atoms with Gasteiger partial charge in [-0.1, -0.05) is 43.4 Å². The fourth-order valence-electron chi connectivity index (χ4n) is 2.67. The summed E-state index contributed by atoms with van der Waals surface area (Å²) in [6, 6.07) is 12.5. The number of carbonyl (C=O) groups excluding carboxylic acids is 1. The van der Waals surface area contributed by atoms with Gasteiger partial charge in [-0.05, 0) is 18.0 Å². The van der Waals surface area contributed by atoms with Crippen LogP contribution in [0.1, 0.15) is 28.4 Å². The number of halogens is 1. The first-order chi connectivity index (χ1) is 13.1. The molecule has 0 heterocycles. The molecule has 0 unspecified atom stereocenters. The van der Waals surface area contributed by atoms with Gasteiger partial charge in [-0.2, -0.15) is 11.1 Å². The predicted octanol–water partition coefficient (Wildman–Crippen LogP) is 4.81. The van der Waals surface area contributed by atoms with Crippen molar-refractivity contribution in [1.82, 2.24) is 5.32 Å². The summed E-state index contributed by atoms with van der Waals surface area (Å²) in [5, 5.41) is 24.9. The zero-order chi connectivity index (χ0) is 20.9. The van der Waals surface area contributed by atoms with Crippen LogP contribution in [-0.4, -0.2) is 23.1 Å². The van der Waals surface area contributed by atoms with Crippen molar-refractivity contribution in [2.24, 2.45) is 0 Å². The van der Waals surface area contributed by atoms with Gasteiger partial charge in [-0.3, -0.25) is 25.0 Å². The Bertz CT molecular complexity index is 854. The van der Waals surface area contributed by atoms with Crippen LogP contribution in [-0.2, 0) is 0 Å². The molecule has 1 N–H and O–H groups in total. The van der Waals surface area contributed by atoms with Gasteiger partial charge in [0, 0.05) is 12.1 Å². The van der Waals surface area contributed by atoms with E-state index in [1.807, 2.05) is 43.4 Å². The Morgan fingerprint density at radius 2 is 1.61 bits per heavy atom. The molecule has 0 bridgehead atoms. The van der Waals surface area contributed by atoms with Gasteiger partial charge in [0.15, 0.2) is 7.38 Å². The Balaban J connectivity index is 2.32. The van der Waals surface area contributed by atoms with E-state index in [1.165, 1.54) is 0 Å². The van der Waals surface area contributed by atoms with Crippen LogP contribution in [0.5, 0.6) is 0 Å². The molecule has 10 heteroatoms. The van der Waals surface area contributed by atoms with Crippen molar-refractivity contribution in [3.05, 3.63) is 79.9 Å². The topological polar surface area (TPSA) is 115 Å². The molecule has 0 aliphatic carbocycles. The monoisotopic (exact) mass is 421 g/mol. The van der Waals surface area contributed by atoms with E-state index < -0.39 is 34.5 Å². The van der Waals surface area contributed by atoms with Crippen molar-refractivity contribution < 1.29 is 14.6 Å². The Morgan fingerprint density at radius 3 is 2.07 bits per heavy atom. The summed E-state index contributed by atoms with van der Waals surface area (Å²) in [6.07, 6.45) is 0.593. The van der Waals surface area contributed by atoms with Crippen LogP contribution < -0.4 is 5.32 Å². The molecule has 0 aliphatic rings. The van der Waals surface area contributed by atoms with Crippen molar-refractivity contribution in [2.75, 3.05) is 0 Å². The molecule has 1 atom stereocenters. The molecule has 148 valence electrons. The molecule has 2 rings (SSSR count). The number of nitrogens with zero attached hydrogens (tertiary/aromatic N) is 2. The van der Waals surface area contributed by atoms with Crippen LogP contribution >= 0.6 is 11.1 Å². The number of non-ortho nitro benzene ring substituents is 2. The lowest BCUT2D eigenvalue weighted by molar-refractivity contribution is -0.394. The van der Waals surface area contributed by atoms with E-state index in [1.54, 1.807) is 0 Å². The first-order valence-electron chi connectivity index (χ1n) is 8.55. The maximum atomic E-state index is 12.7. The highest BCUT2D eigenvalue weighted by Gasteiger charge is 2.24. The van der Waals surface area contributed by atoms with Crippen LogP contribution in [0.3, 0.4) is 0 Å². The summed E-state index contributed by atoms with van der Waals surface area (Å²) < 4.78 is 0. The molecular formula is C18H20ClN3O5Si. The maximum absolute atomic E-state index is 12.7. The number of amides is 1. The highest BCUT2D eigenvalue weighted by Crippen LogP contribution is 2.27. The minimum Gasteiger partial charge on any atom is -0.345 e. The summed E-state index contributed by atoms with van der Waals surface area (Å²) in [7, 11) is -1.89. The molecule has 0 fully saturated rings. The van der Waals surface area contributed by atoms with Gasteiger partial charge in [-0.25, -0.2) is 0 Å². The number of benzene rings is 2. The SMILES string of the molecule is C[Si](C)(Cl)CC[C@H](NC(=O)c1cc([N+](=O)[O-])cc([N+](=O)[O-])c1)c1ccccc1. The quantitative estimate of drug-likeness (QED) is 0.284. The van der Waals surface area contributed by atoms with E-state index in [9.17, 15) is 25.0 Å². The van der Waals surface area contributed by atoms with Gasteiger partial charge in [-0.15, -0.1) is 0 Å². The third-order valence-electron chi connectivity index (χ3n) is 4.12. The molecule has 28 heavy (non-hydrogen) atoms. The van der Waals surface area contributed by atoms with Crippen molar-refractivity contribution in [1.29, 1.82) is 0 Å². The molecule has 0 aliphatic heterocycles. The Hall–Kier alpha value is -2.78. The Morgan fingerprint density at radius 1 is 1.07 bits per heavy atom. The molecule has 2 aromatic rings. The summed E-state index contributed by atoms with van der Waals surface area (Å²) in [5.74, 6) is -0.616. The standard InChI is InChI=1S/C18H20ClN3O5Si/c1-28(2,19)9-8-17(13-6-4-3-5-7-13)20-18(23)14-10-15(21(24)25)12-16(11-14)22(26)27/h3-7,10-12,17H,8-9H2,1-2H3,(H,20,23)/t17-/m0/s1. The average molecular weight is 422 g/mol. The fourth-order valence-corrected chi connectivity index (χ4v) is 3.98. The van der Waals surface area contributed by atoms with Gasteiger partial charge in [0.1, 0.15) is 0 Å². The van der Waals surface area contributed by atoms with Gasteiger partial charge >= 0.3 is 0 Å². The van der Waals surface area contributed by atoms with Crippen LogP contribution in [0.2, 0.25) is 19.1 Å².